The summed E-state index contributed by atoms with van der Waals surface area (Å²) in [7, 11) is 1.61. The molecule has 1 aromatic heterocycles. The molecule has 1 aromatic rings. The SMILES string of the molecule is Cc1noc(C)c1CSCC(=O)N(C)CCC(=O)O. The molecule has 106 valence electrons. The first-order chi connectivity index (χ1) is 8.91. The molecular formula is C12H18N2O4S. The van der Waals surface area contributed by atoms with Gasteiger partial charge in [0.25, 0.3) is 0 Å². The third-order valence-corrected chi connectivity index (χ3v) is 3.68. The first kappa shape index (κ1) is 15.6. The second-order valence-corrected chi connectivity index (χ2v) is 5.24. The van der Waals surface area contributed by atoms with Crippen molar-refractivity contribution in [3.05, 3.63) is 17.0 Å². The van der Waals surface area contributed by atoms with Crippen molar-refractivity contribution in [2.45, 2.75) is 26.0 Å². The summed E-state index contributed by atoms with van der Waals surface area (Å²) in [4.78, 5) is 23.6. The van der Waals surface area contributed by atoms with E-state index in [2.05, 4.69) is 5.16 Å². The molecule has 0 radical (unpaired) electrons. The van der Waals surface area contributed by atoms with Gasteiger partial charge in [0.05, 0.1) is 17.9 Å². The lowest BCUT2D eigenvalue weighted by atomic mass is 10.2. The molecule has 0 unspecified atom stereocenters. The molecule has 0 spiro atoms. The van der Waals surface area contributed by atoms with E-state index in [9.17, 15) is 9.59 Å². The van der Waals surface area contributed by atoms with Crippen LogP contribution in [0.15, 0.2) is 4.52 Å². The fraction of sp³-hybridized carbons (Fsp3) is 0.583. The molecule has 1 heterocycles. The van der Waals surface area contributed by atoms with Crippen molar-refractivity contribution in [1.82, 2.24) is 10.1 Å². The number of nitrogens with zero attached hydrogens (tertiary/aromatic N) is 2. The molecule has 6 nitrogen and oxygen atoms in total. The van der Waals surface area contributed by atoms with Crippen molar-refractivity contribution in [2.24, 2.45) is 0 Å². The zero-order valence-corrected chi connectivity index (χ0v) is 12.1. The first-order valence-corrected chi connectivity index (χ1v) is 7.02. The highest BCUT2D eigenvalue weighted by Gasteiger charge is 2.13. The molecule has 0 saturated carbocycles. The number of rotatable bonds is 7. The lowest BCUT2D eigenvalue weighted by molar-refractivity contribution is -0.137. The van der Waals surface area contributed by atoms with Gasteiger partial charge in [-0.25, -0.2) is 0 Å². The molecule has 0 bridgehead atoms. The molecule has 7 heteroatoms. The Balaban J connectivity index is 2.32. The summed E-state index contributed by atoms with van der Waals surface area (Å²) in [5.41, 5.74) is 1.86. The van der Waals surface area contributed by atoms with Gasteiger partial charge in [0.15, 0.2) is 0 Å². The first-order valence-electron chi connectivity index (χ1n) is 5.87. The molecular weight excluding hydrogens is 268 g/mol. The van der Waals surface area contributed by atoms with Crippen molar-refractivity contribution in [3.8, 4) is 0 Å². The number of carboxylic acid groups (broad SMARTS) is 1. The highest BCUT2D eigenvalue weighted by molar-refractivity contribution is 7.99. The van der Waals surface area contributed by atoms with Gasteiger partial charge in [-0.3, -0.25) is 9.59 Å². The smallest absolute Gasteiger partial charge is 0.305 e. The van der Waals surface area contributed by atoms with E-state index < -0.39 is 5.97 Å². The standard InChI is InChI=1S/C12H18N2O4S/c1-8-10(9(2)18-13-8)6-19-7-11(15)14(3)5-4-12(16)17/h4-7H2,1-3H3,(H,16,17). The van der Waals surface area contributed by atoms with Gasteiger partial charge in [0.1, 0.15) is 5.76 Å². The third kappa shape index (κ3) is 4.94. The maximum atomic E-state index is 11.7. The lowest BCUT2D eigenvalue weighted by Gasteiger charge is -2.15. The van der Waals surface area contributed by atoms with E-state index in [1.165, 1.54) is 16.7 Å². The molecule has 1 amide bonds. The largest absolute Gasteiger partial charge is 0.481 e. The van der Waals surface area contributed by atoms with Crippen LogP contribution in [0.25, 0.3) is 0 Å². The number of aromatic nitrogens is 1. The molecule has 0 aliphatic heterocycles. The summed E-state index contributed by atoms with van der Waals surface area (Å²) in [6, 6.07) is 0. The second kappa shape index (κ2) is 7.18. The maximum Gasteiger partial charge on any atom is 0.305 e. The van der Waals surface area contributed by atoms with Crippen LogP contribution in [0.1, 0.15) is 23.4 Å². The highest BCUT2D eigenvalue weighted by atomic mass is 32.2. The van der Waals surface area contributed by atoms with E-state index in [4.69, 9.17) is 9.63 Å². The zero-order chi connectivity index (χ0) is 14.4. The Kier molecular flexibility index (Phi) is 5.88. The molecule has 0 aliphatic rings. The number of aliphatic carboxylic acids is 1. The Morgan fingerprint density at radius 2 is 2.11 bits per heavy atom. The molecule has 19 heavy (non-hydrogen) atoms. The Hall–Kier alpha value is -1.50. The van der Waals surface area contributed by atoms with Crippen molar-refractivity contribution < 1.29 is 19.2 Å². The highest BCUT2D eigenvalue weighted by Crippen LogP contribution is 2.19. The molecule has 0 aliphatic carbocycles. The molecule has 1 rings (SSSR count). The number of aryl methyl sites for hydroxylation is 2. The van der Waals surface area contributed by atoms with Crippen LogP contribution in [0.2, 0.25) is 0 Å². The zero-order valence-electron chi connectivity index (χ0n) is 11.3. The monoisotopic (exact) mass is 286 g/mol. The van der Waals surface area contributed by atoms with Crippen LogP contribution in [-0.4, -0.2) is 46.4 Å². The van der Waals surface area contributed by atoms with Gasteiger partial charge in [-0.15, -0.1) is 11.8 Å². The molecule has 0 atom stereocenters. The minimum absolute atomic E-state index is 0.0310. The predicted octanol–water partition coefficient (Wildman–Crippen LogP) is 1.46. The second-order valence-electron chi connectivity index (χ2n) is 4.25. The Morgan fingerprint density at radius 3 is 2.63 bits per heavy atom. The van der Waals surface area contributed by atoms with Gasteiger partial charge in [-0.2, -0.15) is 0 Å². The van der Waals surface area contributed by atoms with Gasteiger partial charge in [0, 0.05) is 24.9 Å². The number of carbonyl (C=O) groups excluding carboxylic acids is 1. The minimum atomic E-state index is -0.900. The summed E-state index contributed by atoms with van der Waals surface area (Å²) in [5, 5.41) is 12.4. The number of hydrogen-bond acceptors (Lipinski definition) is 5. The van der Waals surface area contributed by atoms with Crippen LogP contribution in [0, 0.1) is 13.8 Å². The molecule has 0 aromatic carbocycles. The van der Waals surface area contributed by atoms with E-state index in [1.54, 1.807) is 7.05 Å². The third-order valence-electron chi connectivity index (χ3n) is 2.74. The fourth-order valence-corrected chi connectivity index (χ4v) is 2.56. The van der Waals surface area contributed by atoms with Crippen molar-refractivity contribution in [1.29, 1.82) is 0 Å². The van der Waals surface area contributed by atoms with Crippen molar-refractivity contribution in [2.75, 3.05) is 19.3 Å². The van der Waals surface area contributed by atoms with Gasteiger partial charge in [-0.1, -0.05) is 5.16 Å². The van der Waals surface area contributed by atoms with Crippen LogP contribution in [0.3, 0.4) is 0 Å². The summed E-state index contributed by atoms with van der Waals surface area (Å²) < 4.78 is 5.04. The summed E-state index contributed by atoms with van der Waals surface area (Å²) in [6.45, 7) is 3.95. The Bertz CT molecular complexity index is 439. The van der Waals surface area contributed by atoms with E-state index in [1.807, 2.05) is 13.8 Å². The predicted molar refractivity (Wildman–Crippen MR) is 72.0 cm³/mol. The van der Waals surface area contributed by atoms with Crippen molar-refractivity contribution >= 4 is 23.6 Å². The van der Waals surface area contributed by atoms with Crippen LogP contribution in [-0.2, 0) is 15.3 Å². The van der Waals surface area contributed by atoms with Crippen LogP contribution in [0.4, 0.5) is 0 Å². The summed E-state index contributed by atoms with van der Waals surface area (Å²) in [5.74, 6) is 0.789. The molecule has 1 N–H and O–H groups in total. The van der Waals surface area contributed by atoms with Gasteiger partial charge in [-0.05, 0) is 13.8 Å². The van der Waals surface area contributed by atoms with E-state index >= 15 is 0 Å². The Labute approximate surface area is 116 Å². The molecule has 0 fully saturated rings. The van der Waals surface area contributed by atoms with Crippen LogP contribution < -0.4 is 0 Å². The van der Waals surface area contributed by atoms with E-state index in [0.717, 1.165) is 17.0 Å². The minimum Gasteiger partial charge on any atom is -0.481 e. The number of carboxylic acids is 1. The number of hydrogen-bond donors (Lipinski definition) is 1. The molecule has 0 saturated heterocycles. The van der Waals surface area contributed by atoms with Gasteiger partial charge < -0.3 is 14.5 Å². The lowest BCUT2D eigenvalue weighted by Crippen LogP contribution is -2.30. The number of thioether (sulfide) groups is 1. The fourth-order valence-electron chi connectivity index (χ4n) is 1.45. The van der Waals surface area contributed by atoms with Gasteiger partial charge >= 0.3 is 5.97 Å². The van der Waals surface area contributed by atoms with Crippen molar-refractivity contribution in [3.63, 3.8) is 0 Å². The Morgan fingerprint density at radius 1 is 1.42 bits per heavy atom. The number of amides is 1. The van der Waals surface area contributed by atoms with E-state index in [-0.39, 0.29) is 18.9 Å². The quantitative estimate of drug-likeness (QED) is 0.817. The maximum absolute atomic E-state index is 11.7. The topological polar surface area (TPSA) is 83.6 Å². The normalized spacial score (nSPS) is 10.5. The van der Waals surface area contributed by atoms with Crippen LogP contribution in [0.5, 0.6) is 0 Å². The van der Waals surface area contributed by atoms with E-state index in [0.29, 0.717) is 11.5 Å². The van der Waals surface area contributed by atoms with Crippen LogP contribution >= 0.6 is 11.8 Å². The summed E-state index contributed by atoms with van der Waals surface area (Å²) >= 11 is 1.47. The number of carbonyl (C=O) groups is 2. The van der Waals surface area contributed by atoms with Gasteiger partial charge in [0.2, 0.25) is 5.91 Å². The average Bonchev–Trinajstić information content (AvgIpc) is 2.67. The average molecular weight is 286 g/mol. The summed E-state index contributed by atoms with van der Waals surface area (Å²) in [6.07, 6.45) is -0.0310.